The van der Waals surface area contributed by atoms with E-state index in [4.69, 9.17) is 5.73 Å². The lowest BCUT2D eigenvalue weighted by atomic mass is 9.76. The van der Waals surface area contributed by atoms with Gasteiger partial charge in [-0.15, -0.1) is 0 Å². The zero-order chi connectivity index (χ0) is 14.7. The van der Waals surface area contributed by atoms with Gasteiger partial charge in [-0.1, -0.05) is 41.5 Å². The van der Waals surface area contributed by atoms with Crippen molar-refractivity contribution in [3.8, 4) is 0 Å². The molecule has 2 heteroatoms. The van der Waals surface area contributed by atoms with Crippen molar-refractivity contribution in [2.45, 2.75) is 72.8 Å². The summed E-state index contributed by atoms with van der Waals surface area (Å²) in [6.07, 6.45) is 5.10. The maximum atomic E-state index is 6.26. The van der Waals surface area contributed by atoms with Crippen LogP contribution in [0.15, 0.2) is 0 Å². The minimum absolute atomic E-state index is 0.235. The molecule has 0 aromatic heterocycles. The van der Waals surface area contributed by atoms with Gasteiger partial charge in [0.25, 0.3) is 0 Å². The van der Waals surface area contributed by atoms with Crippen LogP contribution in [-0.2, 0) is 0 Å². The molecule has 0 radical (unpaired) electrons. The molecule has 0 atom stereocenters. The van der Waals surface area contributed by atoms with E-state index in [1.54, 1.807) is 0 Å². The van der Waals surface area contributed by atoms with Crippen molar-refractivity contribution < 1.29 is 0 Å². The molecule has 0 aromatic rings. The number of nitrogens with two attached hydrogens (primary N) is 1. The molecule has 0 amide bonds. The second kappa shape index (κ2) is 6.58. The van der Waals surface area contributed by atoms with Crippen LogP contribution in [-0.4, -0.2) is 30.1 Å². The first-order chi connectivity index (χ1) is 8.71. The van der Waals surface area contributed by atoms with Crippen molar-refractivity contribution in [1.82, 2.24) is 4.90 Å². The zero-order valence-electron chi connectivity index (χ0n) is 14.1. The predicted octanol–water partition coefficient (Wildman–Crippen LogP) is 3.90. The Morgan fingerprint density at radius 3 is 1.74 bits per heavy atom. The third-order valence-corrected chi connectivity index (χ3v) is 4.74. The molecule has 19 heavy (non-hydrogen) atoms. The normalized spacial score (nSPS) is 21.3. The molecule has 0 spiro atoms. The summed E-state index contributed by atoms with van der Waals surface area (Å²) in [5.74, 6) is 1.44. The van der Waals surface area contributed by atoms with Crippen LogP contribution in [0.1, 0.15) is 67.2 Å². The Balaban J connectivity index is 2.83. The lowest BCUT2D eigenvalue weighted by Gasteiger charge is -2.50. The summed E-state index contributed by atoms with van der Waals surface area (Å²) in [7, 11) is 0. The molecule has 2 N–H and O–H groups in total. The monoisotopic (exact) mass is 268 g/mol. The largest absolute Gasteiger partial charge is 0.329 e. The molecule has 114 valence electrons. The van der Waals surface area contributed by atoms with Crippen LogP contribution in [0.2, 0.25) is 0 Å². The minimum Gasteiger partial charge on any atom is -0.329 e. The first-order valence-electron chi connectivity index (χ1n) is 8.16. The SMILES string of the molecule is CC(C)CC(CN)(CC(C)C)N1CCC(C)(C)CC1. The lowest BCUT2D eigenvalue weighted by Crippen LogP contribution is -2.58. The third kappa shape index (κ3) is 4.75. The van der Waals surface area contributed by atoms with Crippen LogP contribution in [0.5, 0.6) is 0 Å². The van der Waals surface area contributed by atoms with Gasteiger partial charge in [0.2, 0.25) is 0 Å². The number of likely N-dealkylation sites (tertiary alicyclic amines) is 1. The number of rotatable bonds is 6. The molecule has 1 fully saturated rings. The molecule has 1 heterocycles. The highest BCUT2D eigenvalue weighted by molar-refractivity contribution is 4.96. The van der Waals surface area contributed by atoms with Gasteiger partial charge < -0.3 is 5.73 Å². The summed E-state index contributed by atoms with van der Waals surface area (Å²) in [6, 6.07) is 0. The van der Waals surface area contributed by atoms with E-state index in [0.29, 0.717) is 5.41 Å². The molecular formula is C17H36N2. The molecular weight excluding hydrogens is 232 g/mol. The molecule has 0 unspecified atom stereocenters. The van der Waals surface area contributed by atoms with Crippen LogP contribution in [0.4, 0.5) is 0 Å². The fourth-order valence-corrected chi connectivity index (χ4v) is 3.74. The highest BCUT2D eigenvalue weighted by Crippen LogP contribution is 2.37. The highest BCUT2D eigenvalue weighted by Gasteiger charge is 2.39. The van der Waals surface area contributed by atoms with Gasteiger partial charge in [0.05, 0.1) is 0 Å². The molecule has 2 nitrogen and oxygen atoms in total. The number of hydrogen-bond donors (Lipinski definition) is 1. The van der Waals surface area contributed by atoms with Crippen LogP contribution in [0.25, 0.3) is 0 Å². The Morgan fingerprint density at radius 2 is 1.42 bits per heavy atom. The average Bonchev–Trinajstić information content (AvgIpc) is 2.26. The molecule has 1 aliphatic heterocycles. The molecule has 1 aliphatic rings. The number of hydrogen-bond acceptors (Lipinski definition) is 2. The van der Waals surface area contributed by atoms with E-state index in [9.17, 15) is 0 Å². The van der Waals surface area contributed by atoms with E-state index in [-0.39, 0.29) is 5.54 Å². The third-order valence-electron chi connectivity index (χ3n) is 4.74. The molecule has 0 saturated carbocycles. The number of piperidine rings is 1. The second-order valence-corrected chi connectivity index (χ2v) is 8.28. The summed E-state index contributed by atoms with van der Waals surface area (Å²) in [5.41, 5.74) is 7.02. The molecule has 0 aliphatic carbocycles. The van der Waals surface area contributed by atoms with Crippen molar-refractivity contribution in [3.05, 3.63) is 0 Å². The van der Waals surface area contributed by atoms with Crippen molar-refractivity contribution >= 4 is 0 Å². The standard InChI is InChI=1S/C17H36N2/c1-14(2)11-17(13-18,12-15(3)4)19-9-7-16(5,6)8-10-19/h14-15H,7-13,18H2,1-6H3. The molecule has 0 bridgehead atoms. The maximum absolute atomic E-state index is 6.26. The van der Waals surface area contributed by atoms with Crippen LogP contribution in [0, 0.1) is 17.3 Å². The zero-order valence-corrected chi connectivity index (χ0v) is 14.1. The van der Waals surface area contributed by atoms with E-state index >= 15 is 0 Å². The summed E-state index contributed by atoms with van der Waals surface area (Å²) in [5, 5.41) is 0. The van der Waals surface area contributed by atoms with E-state index in [0.717, 1.165) is 18.4 Å². The van der Waals surface area contributed by atoms with E-state index in [2.05, 4.69) is 46.4 Å². The highest BCUT2D eigenvalue weighted by atomic mass is 15.2. The Kier molecular flexibility index (Phi) is 5.88. The Labute approximate surface area is 121 Å². The van der Waals surface area contributed by atoms with E-state index < -0.39 is 0 Å². The predicted molar refractivity (Wildman–Crippen MR) is 85.3 cm³/mol. The molecule has 0 aromatic carbocycles. The van der Waals surface area contributed by atoms with Gasteiger partial charge in [0.15, 0.2) is 0 Å². The quantitative estimate of drug-likeness (QED) is 0.791. The van der Waals surface area contributed by atoms with Crippen LogP contribution in [0.3, 0.4) is 0 Å². The van der Waals surface area contributed by atoms with E-state index in [1.807, 2.05) is 0 Å². The summed E-state index contributed by atoms with van der Waals surface area (Å²) in [6.45, 7) is 17.4. The Morgan fingerprint density at radius 1 is 1.00 bits per heavy atom. The van der Waals surface area contributed by atoms with Crippen molar-refractivity contribution in [2.24, 2.45) is 23.0 Å². The Bertz CT molecular complexity index is 248. The average molecular weight is 268 g/mol. The van der Waals surface area contributed by atoms with E-state index in [1.165, 1.54) is 38.8 Å². The second-order valence-electron chi connectivity index (χ2n) is 8.28. The van der Waals surface area contributed by atoms with Crippen molar-refractivity contribution in [1.29, 1.82) is 0 Å². The van der Waals surface area contributed by atoms with Crippen LogP contribution < -0.4 is 5.73 Å². The lowest BCUT2D eigenvalue weighted by molar-refractivity contribution is 0.00680. The van der Waals surface area contributed by atoms with Gasteiger partial charge in [-0.3, -0.25) is 4.90 Å². The molecule has 1 saturated heterocycles. The van der Waals surface area contributed by atoms with Gasteiger partial charge in [-0.2, -0.15) is 0 Å². The van der Waals surface area contributed by atoms with Gasteiger partial charge in [0, 0.05) is 12.1 Å². The topological polar surface area (TPSA) is 29.3 Å². The fourth-order valence-electron chi connectivity index (χ4n) is 3.74. The summed E-state index contributed by atoms with van der Waals surface area (Å²) in [4.78, 5) is 2.72. The first kappa shape index (κ1) is 17.0. The smallest absolute Gasteiger partial charge is 0.0336 e. The summed E-state index contributed by atoms with van der Waals surface area (Å²) >= 11 is 0. The van der Waals surface area contributed by atoms with Crippen molar-refractivity contribution in [2.75, 3.05) is 19.6 Å². The number of nitrogens with zero attached hydrogens (tertiary/aromatic N) is 1. The van der Waals surface area contributed by atoms with Gasteiger partial charge in [-0.25, -0.2) is 0 Å². The van der Waals surface area contributed by atoms with Gasteiger partial charge >= 0.3 is 0 Å². The van der Waals surface area contributed by atoms with Crippen LogP contribution >= 0.6 is 0 Å². The molecule has 1 rings (SSSR count). The van der Waals surface area contributed by atoms with Crippen molar-refractivity contribution in [3.63, 3.8) is 0 Å². The minimum atomic E-state index is 0.235. The van der Waals surface area contributed by atoms with Gasteiger partial charge in [0.1, 0.15) is 0 Å². The fraction of sp³-hybridized carbons (Fsp3) is 1.00. The first-order valence-corrected chi connectivity index (χ1v) is 8.16. The Hall–Kier alpha value is -0.0800. The maximum Gasteiger partial charge on any atom is 0.0336 e. The summed E-state index contributed by atoms with van der Waals surface area (Å²) < 4.78 is 0. The van der Waals surface area contributed by atoms with Gasteiger partial charge in [-0.05, 0) is 56.0 Å².